The van der Waals surface area contributed by atoms with Gasteiger partial charge in [-0.1, -0.05) is 13.3 Å². The lowest BCUT2D eigenvalue weighted by Crippen LogP contribution is -2.39. The van der Waals surface area contributed by atoms with E-state index in [1.807, 2.05) is 7.05 Å². The van der Waals surface area contributed by atoms with E-state index in [9.17, 15) is 9.18 Å². The quantitative estimate of drug-likeness (QED) is 0.785. The number of hydrogen-bond donors (Lipinski definition) is 0. The molecule has 3 nitrogen and oxygen atoms in total. The van der Waals surface area contributed by atoms with Crippen LogP contribution in [0.3, 0.4) is 0 Å². The number of hydrogen-bond acceptors (Lipinski definition) is 2. The molecule has 0 radical (unpaired) electrons. The number of carbonyl (C=O) groups is 1. The fourth-order valence-electron chi connectivity index (χ4n) is 2.81. The maximum Gasteiger partial charge on any atom is 0.255 e. The van der Waals surface area contributed by atoms with Gasteiger partial charge >= 0.3 is 0 Å². The van der Waals surface area contributed by atoms with E-state index in [4.69, 9.17) is 0 Å². The Bertz CT molecular complexity index is 424. The minimum absolute atomic E-state index is 0.0625. The van der Waals surface area contributed by atoms with Crippen LogP contribution in [0.2, 0.25) is 0 Å². The first-order chi connectivity index (χ1) is 9.11. The van der Waals surface area contributed by atoms with Crippen LogP contribution in [-0.4, -0.2) is 28.9 Å². The van der Waals surface area contributed by atoms with E-state index in [1.54, 1.807) is 4.90 Å². The van der Waals surface area contributed by atoms with E-state index < -0.39 is 5.95 Å². The number of rotatable bonds is 3. The lowest BCUT2D eigenvalue weighted by molar-refractivity contribution is 0.0674. The van der Waals surface area contributed by atoms with Crippen molar-refractivity contribution in [2.75, 3.05) is 7.05 Å². The molecule has 0 atom stereocenters. The largest absolute Gasteiger partial charge is 0.339 e. The fourth-order valence-corrected chi connectivity index (χ4v) is 2.81. The molecule has 1 amide bonds. The first kappa shape index (κ1) is 14.0. The number of pyridine rings is 1. The highest BCUT2D eigenvalue weighted by molar-refractivity contribution is 5.93. The second kappa shape index (κ2) is 6.13. The molecular formula is C15H21FN2O. The van der Waals surface area contributed by atoms with Gasteiger partial charge in [-0.05, 0) is 43.7 Å². The van der Waals surface area contributed by atoms with Gasteiger partial charge in [-0.3, -0.25) is 4.79 Å². The number of carbonyl (C=O) groups excluding carboxylic acids is 1. The molecule has 1 aliphatic rings. The van der Waals surface area contributed by atoms with Crippen LogP contribution in [0.5, 0.6) is 0 Å². The third-order valence-corrected chi connectivity index (χ3v) is 4.24. The molecular weight excluding hydrogens is 243 g/mol. The Balaban J connectivity index is 1.98. The Morgan fingerprint density at radius 2 is 2.05 bits per heavy atom. The van der Waals surface area contributed by atoms with E-state index in [0.717, 1.165) is 18.8 Å². The zero-order chi connectivity index (χ0) is 13.8. The Morgan fingerprint density at radius 1 is 1.37 bits per heavy atom. The highest BCUT2D eigenvalue weighted by Crippen LogP contribution is 2.29. The average Bonchev–Trinajstić information content (AvgIpc) is 2.46. The van der Waals surface area contributed by atoms with E-state index in [-0.39, 0.29) is 5.91 Å². The lowest BCUT2D eigenvalue weighted by Gasteiger charge is -2.34. The number of amides is 1. The Kier molecular flexibility index (Phi) is 4.51. The highest BCUT2D eigenvalue weighted by atomic mass is 19.1. The van der Waals surface area contributed by atoms with E-state index in [1.165, 1.54) is 37.6 Å². The average molecular weight is 264 g/mol. The molecule has 1 aliphatic carbocycles. The molecule has 0 saturated heterocycles. The van der Waals surface area contributed by atoms with Gasteiger partial charge in [0, 0.05) is 19.3 Å². The first-order valence-corrected chi connectivity index (χ1v) is 7.00. The zero-order valence-corrected chi connectivity index (χ0v) is 11.6. The summed E-state index contributed by atoms with van der Waals surface area (Å²) >= 11 is 0. The third-order valence-electron chi connectivity index (χ3n) is 4.24. The summed E-state index contributed by atoms with van der Waals surface area (Å²) in [6, 6.07) is 3.04. The van der Waals surface area contributed by atoms with Crippen LogP contribution in [0.1, 0.15) is 49.4 Å². The Morgan fingerprint density at radius 3 is 2.58 bits per heavy atom. The van der Waals surface area contributed by atoms with Crippen LogP contribution in [0, 0.1) is 11.9 Å². The molecule has 4 heteroatoms. The summed E-state index contributed by atoms with van der Waals surface area (Å²) in [5, 5.41) is 0. The number of aromatic nitrogens is 1. The molecule has 0 spiro atoms. The number of halogens is 1. The molecule has 0 N–H and O–H groups in total. The maximum absolute atomic E-state index is 12.8. The molecule has 0 aromatic carbocycles. The highest BCUT2D eigenvalue weighted by Gasteiger charge is 2.26. The predicted molar refractivity (Wildman–Crippen MR) is 72.3 cm³/mol. The van der Waals surface area contributed by atoms with E-state index >= 15 is 0 Å². The van der Waals surface area contributed by atoms with E-state index in [0.29, 0.717) is 11.6 Å². The van der Waals surface area contributed by atoms with Crippen molar-refractivity contribution in [2.24, 2.45) is 5.92 Å². The van der Waals surface area contributed by atoms with Crippen molar-refractivity contribution in [1.29, 1.82) is 0 Å². The first-order valence-electron chi connectivity index (χ1n) is 7.00. The van der Waals surface area contributed by atoms with Crippen molar-refractivity contribution in [1.82, 2.24) is 9.88 Å². The van der Waals surface area contributed by atoms with Crippen LogP contribution in [0.25, 0.3) is 0 Å². The molecule has 104 valence electrons. The topological polar surface area (TPSA) is 33.2 Å². The van der Waals surface area contributed by atoms with Crippen molar-refractivity contribution >= 4 is 5.91 Å². The summed E-state index contributed by atoms with van der Waals surface area (Å²) in [5.74, 6) is 0.197. The Labute approximate surface area is 113 Å². The van der Waals surface area contributed by atoms with Crippen molar-refractivity contribution < 1.29 is 9.18 Å². The van der Waals surface area contributed by atoms with Gasteiger partial charge < -0.3 is 4.90 Å². The van der Waals surface area contributed by atoms with E-state index in [2.05, 4.69) is 11.9 Å². The molecule has 1 aromatic heterocycles. The van der Waals surface area contributed by atoms with Crippen LogP contribution in [0.15, 0.2) is 18.3 Å². The predicted octanol–water partition coefficient (Wildman–Crippen LogP) is 3.26. The summed E-state index contributed by atoms with van der Waals surface area (Å²) in [6.07, 6.45) is 7.06. The molecule has 0 unspecified atom stereocenters. The van der Waals surface area contributed by atoms with Gasteiger partial charge in [-0.2, -0.15) is 4.39 Å². The van der Waals surface area contributed by atoms with Crippen molar-refractivity contribution in [3.05, 3.63) is 29.8 Å². The maximum atomic E-state index is 12.8. The third kappa shape index (κ3) is 3.31. The SMILES string of the molecule is CCC1CCC(N(C)C(=O)c2ccc(F)nc2)CC1. The molecule has 1 aromatic rings. The Hall–Kier alpha value is -1.45. The van der Waals surface area contributed by atoms with Crippen LogP contribution < -0.4 is 0 Å². The molecule has 2 rings (SSSR count). The van der Waals surface area contributed by atoms with Crippen molar-refractivity contribution in [3.8, 4) is 0 Å². The van der Waals surface area contributed by atoms with Crippen molar-refractivity contribution in [3.63, 3.8) is 0 Å². The minimum atomic E-state index is -0.553. The molecule has 0 bridgehead atoms. The number of nitrogens with zero attached hydrogens (tertiary/aromatic N) is 2. The smallest absolute Gasteiger partial charge is 0.255 e. The summed E-state index contributed by atoms with van der Waals surface area (Å²) in [6.45, 7) is 2.23. The van der Waals surface area contributed by atoms with Crippen LogP contribution in [0.4, 0.5) is 4.39 Å². The van der Waals surface area contributed by atoms with Gasteiger partial charge in [0.15, 0.2) is 0 Å². The van der Waals surface area contributed by atoms with Gasteiger partial charge in [-0.15, -0.1) is 0 Å². The summed E-state index contributed by atoms with van der Waals surface area (Å²) < 4.78 is 12.8. The summed E-state index contributed by atoms with van der Waals surface area (Å²) in [5.41, 5.74) is 0.460. The fraction of sp³-hybridized carbons (Fsp3) is 0.600. The van der Waals surface area contributed by atoms with Gasteiger partial charge in [-0.25, -0.2) is 4.98 Å². The molecule has 1 saturated carbocycles. The second-order valence-electron chi connectivity index (χ2n) is 5.37. The van der Waals surface area contributed by atoms with Crippen LogP contribution >= 0.6 is 0 Å². The summed E-state index contributed by atoms with van der Waals surface area (Å²) in [7, 11) is 1.84. The molecule has 0 aliphatic heterocycles. The monoisotopic (exact) mass is 264 g/mol. The van der Waals surface area contributed by atoms with Gasteiger partial charge in [0.2, 0.25) is 5.95 Å². The normalized spacial score (nSPS) is 23.1. The summed E-state index contributed by atoms with van der Waals surface area (Å²) in [4.78, 5) is 17.6. The lowest BCUT2D eigenvalue weighted by atomic mass is 9.84. The van der Waals surface area contributed by atoms with Gasteiger partial charge in [0.05, 0.1) is 5.56 Å². The van der Waals surface area contributed by atoms with Gasteiger partial charge in [0.1, 0.15) is 0 Å². The van der Waals surface area contributed by atoms with Crippen LogP contribution in [-0.2, 0) is 0 Å². The van der Waals surface area contributed by atoms with Crippen molar-refractivity contribution in [2.45, 2.75) is 45.1 Å². The van der Waals surface area contributed by atoms with Gasteiger partial charge in [0.25, 0.3) is 5.91 Å². The minimum Gasteiger partial charge on any atom is -0.339 e. The second-order valence-corrected chi connectivity index (χ2v) is 5.37. The molecule has 1 heterocycles. The standard InChI is InChI=1S/C15H21FN2O/c1-3-11-4-7-13(8-5-11)18(2)15(19)12-6-9-14(16)17-10-12/h6,9-11,13H,3-5,7-8H2,1-2H3. The molecule has 1 fully saturated rings. The zero-order valence-electron chi connectivity index (χ0n) is 11.6. The molecule has 19 heavy (non-hydrogen) atoms.